The van der Waals surface area contributed by atoms with Crippen molar-refractivity contribution in [1.82, 2.24) is 5.12 Å². The number of benzene rings is 1. The quantitative estimate of drug-likeness (QED) is 0.531. The van der Waals surface area contributed by atoms with Crippen molar-refractivity contribution in [3.63, 3.8) is 0 Å². The summed E-state index contributed by atoms with van der Waals surface area (Å²) < 4.78 is 50.1. The lowest BCUT2D eigenvalue weighted by molar-refractivity contribution is -0.137. The van der Waals surface area contributed by atoms with Crippen molar-refractivity contribution < 1.29 is 17.7 Å². The summed E-state index contributed by atoms with van der Waals surface area (Å²) in [5.41, 5.74) is -0.0997. The molecule has 1 unspecified atom stereocenters. The van der Waals surface area contributed by atoms with E-state index >= 15 is 0 Å². The van der Waals surface area contributed by atoms with E-state index < -0.39 is 11.7 Å². The minimum atomic E-state index is -4.33. The third kappa shape index (κ3) is 2.35. The van der Waals surface area contributed by atoms with Crippen molar-refractivity contribution in [1.29, 1.82) is 0 Å². The molecule has 0 amide bonds. The van der Waals surface area contributed by atoms with E-state index in [4.69, 9.17) is 0 Å². The number of alkyl halides is 3. The molecule has 1 nitrogen and oxygen atoms in total. The van der Waals surface area contributed by atoms with Gasteiger partial charge in [-0.15, -0.1) is 9.60 Å². The van der Waals surface area contributed by atoms with Gasteiger partial charge < -0.3 is 0 Å². The first-order valence-electron chi connectivity index (χ1n) is 5.04. The van der Waals surface area contributed by atoms with Crippen molar-refractivity contribution in [3.8, 4) is 0 Å². The molecule has 2 rings (SSSR count). The van der Waals surface area contributed by atoms with Crippen LogP contribution in [-0.4, -0.2) is 18.2 Å². The second-order valence-corrected chi connectivity index (χ2v) is 3.98. The SMILES string of the molecule is FN1CCC(c2cccc(C(F)(F)F)c2)C1. The molecule has 1 saturated heterocycles. The van der Waals surface area contributed by atoms with Gasteiger partial charge in [0.2, 0.25) is 0 Å². The van der Waals surface area contributed by atoms with Crippen molar-refractivity contribution in [2.24, 2.45) is 0 Å². The Kier molecular flexibility index (Phi) is 2.88. The van der Waals surface area contributed by atoms with Crippen molar-refractivity contribution in [2.75, 3.05) is 13.1 Å². The monoisotopic (exact) mass is 233 g/mol. The molecule has 1 atom stereocenters. The van der Waals surface area contributed by atoms with Crippen LogP contribution in [0.2, 0.25) is 0 Å². The van der Waals surface area contributed by atoms with Gasteiger partial charge in [0.15, 0.2) is 0 Å². The van der Waals surface area contributed by atoms with E-state index in [0.717, 1.165) is 12.1 Å². The lowest BCUT2D eigenvalue weighted by Crippen LogP contribution is -2.10. The molecular formula is C11H11F4N. The standard InChI is InChI=1S/C11H11F4N/c12-11(13,14)10-3-1-2-8(6-10)9-4-5-16(15)7-9/h1-3,6,9H,4-5,7H2. The van der Waals surface area contributed by atoms with Gasteiger partial charge in [-0.1, -0.05) is 18.2 Å². The second kappa shape index (κ2) is 4.05. The van der Waals surface area contributed by atoms with Gasteiger partial charge in [-0.05, 0) is 18.1 Å². The summed E-state index contributed by atoms with van der Waals surface area (Å²) >= 11 is 0. The highest BCUT2D eigenvalue weighted by molar-refractivity contribution is 5.29. The summed E-state index contributed by atoms with van der Waals surface area (Å²) in [6.07, 6.45) is -3.76. The van der Waals surface area contributed by atoms with Crippen LogP contribution in [0.4, 0.5) is 17.7 Å². The number of nitrogens with zero attached hydrogens (tertiary/aromatic N) is 1. The maximum atomic E-state index is 12.8. The van der Waals surface area contributed by atoms with Gasteiger partial charge in [0.1, 0.15) is 0 Å². The van der Waals surface area contributed by atoms with Crippen LogP contribution in [0, 0.1) is 0 Å². The van der Waals surface area contributed by atoms with Crippen molar-refractivity contribution in [2.45, 2.75) is 18.5 Å². The highest BCUT2D eigenvalue weighted by Crippen LogP contribution is 2.33. The normalized spacial score (nSPS) is 22.6. The van der Waals surface area contributed by atoms with E-state index in [1.165, 1.54) is 6.07 Å². The van der Waals surface area contributed by atoms with Crippen LogP contribution in [0.3, 0.4) is 0 Å². The topological polar surface area (TPSA) is 3.24 Å². The van der Waals surface area contributed by atoms with Gasteiger partial charge in [0.05, 0.1) is 5.56 Å². The Bertz CT molecular complexity index is 374. The minimum absolute atomic E-state index is 0.132. The Morgan fingerprint density at radius 3 is 2.56 bits per heavy atom. The Balaban J connectivity index is 2.23. The molecule has 16 heavy (non-hydrogen) atoms. The number of rotatable bonds is 1. The van der Waals surface area contributed by atoms with Crippen LogP contribution in [0.5, 0.6) is 0 Å². The number of halogens is 4. The van der Waals surface area contributed by atoms with Crippen LogP contribution >= 0.6 is 0 Å². The van der Waals surface area contributed by atoms with Gasteiger partial charge >= 0.3 is 6.18 Å². The van der Waals surface area contributed by atoms with E-state index in [1.54, 1.807) is 6.07 Å². The predicted octanol–water partition coefficient (Wildman–Crippen LogP) is 3.38. The Hall–Kier alpha value is -1.10. The second-order valence-electron chi connectivity index (χ2n) is 3.98. The fourth-order valence-corrected chi connectivity index (χ4v) is 1.96. The van der Waals surface area contributed by atoms with Crippen LogP contribution in [0.1, 0.15) is 23.5 Å². The molecule has 1 aliphatic heterocycles. The highest BCUT2D eigenvalue weighted by atomic mass is 19.4. The van der Waals surface area contributed by atoms with Crippen LogP contribution in [0.15, 0.2) is 24.3 Å². The Morgan fingerprint density at radius 2 is 2.00 bits per heavy atom. The van der Waals surface area contributed by atoms with Crippen LogP contribution < -0.4 is 0 Å². The zero-order chi connectivity index (χ0) is 11.8. The molecule has 5 heteroatoms. The third-order valence-corrected chi connectivity index (χ3v) is 2.82. The first-order chi connectivity index (χ1) is 7.47. The molecule has 88 valence electrons. The van der Waals surface area contributed by atoms with E-state index in [1.807, 2.05) is 0 Å². The van der Waals surface area contributed by atoms with E-state index in [0.29, 0.717) is 23.7 Å². The molecular weight excluding hydrogens is 222 g/mol. The lowest BCUT2D eigenvalue weighted by atomic mass is 9.96. The van der Waals surface area contributed by atoms with Crippen molar-refractivity contribution in [3.05, 3.63) is 35.4 Å². The number of hydrogen-bond acceptors (Lipinski definition) is 1. The van der Waals surface area contributed by atoms with E-state index in [-0.39, 0.29) is 12.5 Å². The van der Waals surface area contributed by atoms with Gasteiger partial charge in [-0.25, -0.2) is 0 Å². The lowest BCUT2D eigenvalue weighted by Gasteiger charge is -2.12. The maximum Gasteiger partial charge on any atom is 0.416 e. The first kappa shape index (κ1) is 11.4. The third-order valence-electron chi connectivity index (χ3n) is 2.82. The van der Waals surface area contributed by atoms with E-state index in [9.17, 15) is 17.7 Å². The zero-order valence-electron chi connectivity index (χ0n) is 8.47. The molecule has 0 radical (unpaired) electrons. The van der Waals surface area contributed by atoms with Gasteiger partial charge in [0.25, 0.3) is 0 Å². The van der Waals surface area contributed by atoms with Crippen LogP contribution in [-0.2, 0) is 6.18 Å². The zero-order valence-corrected chi connectivity index (χ0v) is 8.47. The molecule has 1 aliphatic rings. The highest BCUT2D eigenvalue weighted by Gasteiger charge is 2.32. The smallest absolute Gasteiger partial charge is 0.166 e. The summed E-state index contributed by atoms with van der Waals surface area (Å²) in [5, 5.41) is 0.644. The van der Waals surface area contributed by atoms with Gasteiger partial charge in [-0.2, -0.15) is 13.2 Å². The Labute approximate surface area is 90.6 Å². The van der Waals surface area contributed by atoms with Gasteiger partial charge in [0, 0.05) is 19.0 Å². The molecule has 1 aromatic rings. The molecule has 0 aliphatic carbocycles. The fourth-order valence-electron chi connectivity index (χ4n) is 1.96. The summed E-state index contributed by atoms with van der Waals surface area (Å²) in [4.78, 5) is 0. The van der Waals surface area contributed by atoms with Crippen LogP contribution in [0.25, 0.3) is 0 Å². The Morgan fingerprint density at radius 1 is 1.25 bits per heavy atom. The maximum absolute atomic E-state index is 12.8. The minimum Gasteiger partial charge on any atom is -0.166 e. The average molecular weight is 233 g/mol. The molecule has 0 saturated carbocycles. The summed E-state index contributed by atoms with van der Waals surface area (Å²) in [5.74, 6) is -0.132. The number of hydrogen-bond donors (Lipinski definition) is 0. The summed E-state index contributed by atoms with van der Waals surface area (Å²) in [6.45, 7) is 0.474. The van der Waals surface area contributed by atoms with Crippen molar-refractivity contribution >= 4 is 0 Å². The molecule has 0 aromatic heterocycles. The summed E-state index contributed by atoms with van der Waals surface area (Å²) in [7, 11) is 0. The average Bonchev–Trinajstić information content (AvgIpc) is 2.64. The first-order valence-corrected chi connectivity index (χ1v) is 5.04. The predicted molar refractivity (Wildman–Crippen MR) is 51.5 cm³/mol. The fraction of sp³-hybridized carbons (Fsp3) is 0.455. The molecule has 0 bridgehead atoms. The molecule has 1 aromatic carbocycles. The summed E-state index contributed by atoms with van der Waals surface area (Å²) in [6, 6.07) is 5.15. The largest absolute Gasteiger partial charge is 0.416 e. The molecule has 0 N–H and O–H groups in total. The molecule has 0 spiro atoms. The molecule has 1 fully saturated rings. The van der Waals surface area contributed by atoms with Gasteiger partial charge in [-0.3, -0.25) is 0 Å². The molecule has 1 heterocycles. The van der Waals surface area contributed by atoms with E-state index in [2.05, 4.69) is 0 Å².